The van der Waals surface area contributed by atoms with Crippen molar-refractivity contribution in [3.8, 4) is 0 Å². The third-order valence-electron chi connectivity index (χ3n) is 1.75. The molecule has 13 heavy (non-hydrogen) atoms. The van der Waals surface area contributed by atoms with Gasteiger partial charge < -0.3 is 0 Å². The van der Waals surface area contributed by atoms with Gasteiger partial charge in [0.15, 0.2) is 17.5 Å². The predicted molar refractivity (Wildman–Crippen MR) is 42.8 cm³/mol. The Morgan fingerprint density at radius 3 is 1.92 bits per heavy atom. The normalized spacial score (nSPS) is 10.7. The molecule has 0 bridgehead atoms. The highest BCUT2D eigenvalue weighted by atomic mass is 15.7. The third kappa shape index (κ3) is 1.08. The van der Waals surface area contributed by atoms with E-state index < -0.39 is 0 Å². The molecule has 0 unspecified atom stereocenters. The average Bonchev–Trinajstić information content (AvgIpc) is 2.60. The Labute approximate surface area is 74.4 Å². The van der Waals surface area contributed by atoms with E-state index in [1.807, 2.05) is 20.8 Å². The maximum Gasteiger partial charge on any atom is 0.172 e. The van der Waals surface area contributed by atoms with E-state index in [9.17, 15) is 0 Å². The van der Waals surface area contributed by atoms with Gasteiger partial charge in [0.25, 0.3) is 0 Å². The van der Waals surface area contributed by atoms with Crippen LogP contribution in [-0.4, -0.2) is 35.2 Å². The quantitative estimate of drug-likeness (QED) is 0.590. The standard InChI is InChI=1S/C6H9N7/c1-4-7-8-5(2)12(4)13-6(3)9-10-11-13/h1-3H3. The molecule has 0 saturated heterocycles. The predicted octanol–water partition coefficient (Wildman–Crippen LogP) is -0.499. The molecule has 0 aromatic carbocycles. The van der Waals surface area contributed by atoms with Gasteiger partial charge in [0.2, 0.25) is 0 Å². The van der Waals surface area contributed by atoms with Crippen LogP contribution in [0.15, 0.2) is 0 Å². The summed E-state index contributed by atoms with van der Waals surface area (Å²) >= 11 is 0. The van der Waals surface area contributed by atoms with Gasteiger partial charge in [0, 0.05) is 0 Å². The average molecular weight is 179 g/mol. The van der Waals surface area contributed by atoms with Crippen molar-refractivity contribution < 1.29 is 0 Å². The first-order valence-corrected chi connectivity index (χ1v) is 3.84. The number of hydrogen-bond acceptors (Lipinski definition) is 5. The maximum atomic E-state index is 3.91. The second kappa shape index (κ2) is 2.61. The monoisotopic (exact) mass is 179 g/mol. The van der Waals surface area contributed by atoms with Crippen LogP contribution in [0.1, 0.15) is 17.5 Å². The minimum atomic E-state index is 0.700. The Kier molecular flexibility index (Phi) is 1.57. The number of nitrogens with zero attached hydrogens (tertiary/aromatic N) is 7. The van der Waals surface area contributed by atoms with Crippen LogP contribution < -0.4 is 0 Å². The Morgan fingerprint density at radius 1 is 0.846 bits per heavy atom. The van der Waals surface area contributed by atoms with Gasteiger partial charge in [-0.25, -0.2) is 0 Å². The van der Waals surface area contributed by atoms with E-state index in [2.05, 4.69) is 25.7 Å². The Morgan fingerprint density at radius 2 is 1.46 bits per heavy atom. The molecule has 0 aliphatic heterocycles. The van der Waals surface area contributed by atoms with E-state index in [0.717, 1.165) is 11.6 Å². The fourth-order valence-corrected chi connectivity index (χ4v) is 1.15. The van der Waals surface area contributed by atoms with Gasteiger partial charge in [-0.2, -0.15) is 4.68 Å². The van der Waals surface area contributed by atoms with E-state index in [1.165, 1.54) is 0 Å². The number of hydrogen-bond donors (Lipinski definition) is 0. The molecule has 7 heteroatoms. The molecule has 0 atom stereocenters. The highest BCUT2D eigenvalue weighted by Crippen LogP contribution is 2.00. The van der Waals surface area contributed by atoms with E-state index >= 15 is 0 Å². The van der Waals surface area contributed by atoms with Gasteiger partial charge in [-0.05, 0) is 31.2 Å². The van der Waals surface area contributed by atoms with E-state index in [-0.39, 0.29) is 0 Å². The zero-order valence-electron chi connectivity index (χ0n) is 7.63. The molecule has 7 nitrogen and oxygen atoms in total. The van der Waals surface area contributed by atoms with E-state index in [1.54, 1.807) is 9.47 Å². The van der Waals surface area contributed by atoms with Crippen molar-refractivity contribution in [3.63, 3.8) is 0 Å². The fourth-order valence-electron chi connectivity index (χ4n) is 1.15. The van der Waals surface area contributed by atoms with Crippen LogP contribution >= 0.6 is 0 Å². The lowest BCUT2D eigenvalue weighted by atomic mass is 10.6. The minimum absolute atomic E-state index is 0.700. The Hall–Kier alpha value is -1.79. The molecule has 0 amide bonds. The van der Waals surface area contributed by atoms with E-state index in [0.29, 0.717) is 5.82 Å². The van der Waals surface area contributed by atoms with Crippen LogP contribution in [0, 0.1) is 20.8 Å². The van der Waals surface area contributed by atoms with Crippen molar-refractivity contribution in [3.05, 3.63) is 17.5 Å². The Balaban J connectivity index is 2.64. The summed E-state index contributed by atoms with van der Waals surface area (Å²) in [6, 6.07) is 0. The molecule has 2 aromatic rings. The molecule has 0 aliphatic carbocycles. The smallest absolute Gasteiger partial charge is 0.172 e. The summed E-state index contributed by atoms with van der Waals surface area (Å²) in [4.78, 5) is 1.56. The molecular weight excluding hydrogens is 170 g/mol. The van der Waals surface area contributed by atoms with Gasteiger partial charge in [-0.15, -0.1) is 20.1 Å². The van der Waals surface area contributed by atoms with Crippen molar-refractivity contribution >= 4 is 0 Å². The number of rotatable bonds is 1. The van der Waals surface area contributed by atoms with Crippen LogP contribution in [0.25, 0.3) is 0 Å². The van der Waals surface area contributed by atoms with Crippen molar-refractivity contribution in [2.45, 2.75) is 20.8 Å². The molecule has 0 aliphatic rings. The first-order valence-electron chi connectivity index (χ1n) is 3.84. The first-order chi connectivity index (χ1) is 6.20. The molecular formula is C6H9N7. The number of aryl methyl sites for hydroxylation is 3. The fraction of sp³-hybridized carbons (Fsp3) is 0.500. The van der Waals surface area contributed by atoms with Gasteiger partial charge in [-0.3, -0.25) is 0 Å². The third-order valence-corrected chi connectivity index (χ3v) is 1.75. The molecule has 2 aromatic heterocycles. The molecule has 0 radical (unpaired) electrons. The van der Waals surface area contributed by atoms with Gasteiger partial charge in [-0.1, -0.05) is 0 Å². The zero-order valence-corrected chi connectivity index (χ0v) is 7.63. The molecule has 68 valence electrons. The van der Waals surface area contributed by atoms with Gasteiger partial charge in [0.05, 0.1) is 0 Å². The van der Waals surface area contributed by atoms with Crippen molar-refractivity contribution in [2.24, 2.45) is 0 Å². The summed E-state index contributed by atoms with van der Waals surface area (Å²) in [5, 5.41) is 19.0. The second-order valence-electron chi connectivity index (χ2n) is 2.72. The highest BCUT2D eigenvalue weighted by molar-refractivity contribution is 4.93. The zero-order chi connectivity index (χ0) is 9.42. The summed E-state index contributed by atoms with van der Waals surface area (Å²) in [6.07, 6.45) is 0. The molecule has 0 N–H and O–H groups in total. The van der Waals surface area contributed by atoms with Crippen LogP contribution in [0.5, 0.6) is 0 Å². The number of tetrazole rings is 1. The number of aromatic nitrogens is 7. The van der Waals surface area contributed by atoms with Crippen LogP contribution in [0.4, 0.5) is 0 Å². The minimum Gasteiger partial charge on any atom is -0.199 e. The second-order valence-corrected chi connectivity index (χ2v) is 2.72. The molecule has 0 spiro atoms. The molecule has 0 fully saturated rings. The first kappa shape index (κ1) is 7.84. The Bertz CT molecular complexity index is 406. The largest absolute Gasteiger partial charge is 0.199 e. The maximum absolute atomic E-state index is 3.91. The van der Waals surface area contributed by atoms with Crippen molar-refractivity contribution in [1.82, 2.24) is 35.2 Å². The molecule has 0 saturated carbocycles. The lowest BCUT2D eigenvalue weighted by Crippen LogP contribution is -2.16. The van der Waals surface area contributed by atoms with E-state index in [4.69, 9.17) is 0 Å². The SMILES string of the molecule is Cc1nnnn1-n1c(C)nnc1C. The summed E-state index contributed by atoms with van der Waals surface area (Å²) in [7, 11) is 0. The summed E-state index contributed by atoms with van der Waals surface area (Å²) in [5.41, 5.74) is 0. The summed E-state index contributed by atoms with van der Waals surface area (Å²) < 4.78 is 1.75. The topological polar surface area (TPSA) is 74.3 Å². The highest BCUT2D eigenvalue weighted by Gasteiger charge is 2.09. The van der Waals surface area contributed by atoms with Crippen molar-refractivity contribution in [2.75, 3.05) is 0 Å². The lowest BCUT2D eigenvalue weighted by Gasteiger charge is -2.04. The van der Waals surface area contributed by atoms with Gasteiger partial charge in [0.1, 0.15) is 0 Å². The van der Waals surface area contributed by atoms with Crippen LogP contribution in [0.2, 0.25) is 0 Å². The van der Waals surface area contributed by atoms with Crippen LogP contribution in [0.3, 0.4) is 0 Å². The van der Waals surface area contributed by atoms with Crippen LogP contribution in [-0.2, 0) is 0 Å². The van der Waals surface area contributed by atoms with Gasteiger partial charge >= 0.3 is 0 Å². The van der Waals surface area contributed by atoms with Crippen molar-refractivity contribution in [1.29, 1.82) is 0 Å². The lowest BCUT2D eigenvalue weighted by molar-refractivity contribution is 0.509. The summed E-state index contributed by atoms with van der Waals surface area (Å²) in [5.74, 6) is 2.21. The summed E-state index contributed by atoms with van der Waals surface area (Å²) in [6.45, 7) is 5.52. The molecule has 2 rings (SSSR count). The molecule has 2 heterocycles.